The summed E-state index contributed by atoms with van der Waals surface area (Å²) < 4.78 is 24.5. The lowest BCUT2D eigenvalue weighted by molar-refractivity contribution is -0.385. The molecule has 2 N–H and O–H groups in total. The van der Waals surface area contributed by atoms with Gasteiger partial charge < -0.3 is 5.73 Å². The third kappa shape index (κ3) is 1.79. The van der Waals surface area contributed by atoms with Crippen LogP contribution in [0.15, 0.2) is 10.8 Å². The molecule has 1 rings (SSSR count). The number of hydrogen-bond acceptors (Lipinski definition) is 4. The summed E-state index contributed by atoms with van der Waals surface area (Å²) in [6, 6.07) is 0. The summed E-state index contributed by atoms with van der Waals surface area (Å²) in [4.78, 5) is 12.9. The van der Waals surface area contributed by atoms with Gasteiger partial charge in [0.05, 0.1) is 4.92 Å². The molecule has 5 nitrogen and oxygen atoms in total. The van der Waals surface area contributed by atoms with Crippen LogP contribution in [-0.2, 0) is 0 Å². The Labute approximate surface area is 85.2 Å². The van der Waals surface area contributed by atoms with E-state index in [1.165, 1.54) is 0 Å². The standard InChI is InChI=1S/C6H4BrF2N3O2/c7-5-3(10)4(12(13)14)2(1-11-5)6(8)9/h1,6H,10H2. The highest BCUT2D eigenvalue weighted by Crippen LogP contribution is 2.36. The molecule has 0 radical (unpaired) electrons. The smallest absolute Gasteiger partial charge is 0.305 e. The van der Waals surface area contributed by atoms with Gasteiger partial charge in [-0.25, -0.2) is 13.8 Å². The van der Waals surface area contributed by atoms with E-state index in [1.54, 1.807) is 0 Å². The van der Waals surface area contributed by atoms with E-state index < -0.39 is 28.3 Å². The topological polar surface area (TPSA) is 82.0 Å². The molecule has 1 aromatic heterocycles. The minimum Gasteiger partial charge on any atom is -0.391 e. The van der Waals surface area contributed by atoms with Crippen molar-refractivity contribution in [2.75, 3.05) is 5.73 Å². The van der Waals surface area contributed by atoms with Crippen molar-refractivity contribution in [2.45, 2.75) is 6.43 Å². The molecule has 0 spiro atoms. The summed E-state index contributed by atoms with van der Waals surface area (Å²) >= 11 is 2.81. The maximum absolute atomic E-state index is 12.3. The van der Waals surface area contributed by atoms with Crippen molar-refractivity contribution in [3.05, 3.63) is 26.5 Å². The molecular formula is C6H4BrF2N3O2. The molecule has 0 aliphatic rings. The fourth-order valence-corrected chi connectivity index (χ4v) is 1.16. The van der Waals surface area contributed by atoms with Gasteiger partial charge in [-0.05, 0) is 15.9 Å². The molecule has 8 heteroatoms. The van der Waals surface area contributed by atoms with Gasteiger partial charge in [0.1, 0.15) is 15.9 Å². The van der Waals surface area contributed by atoms with E-state index >= 15 is 0 Å². The Morgan fingerprint density at radius 1 is 1.64 bits per heavy atom. The van der Waals surface area contributed by atoms with Gasteiger partial charge in [0.25, 0.3) is 6.43 Å². The highest BCUT2D eigenvalue weighted by atomic mass is 79.9. The molecule has 1 aromatic rings. The molecule has 0 amide bonds. The minimum absolute atomic E-state index is 0.0198. The molecule has 0 atom stereocenters. The Kier molecular flexibility index (Phi) is 2.94. The van der Waals surface area contributed by atoms with E-state index in [4.69, 9.17) is 5.73 Å². The molecular weight excluding hydrogens is 264 g/mol. The molecule has 0 bridgehead atoms. The van der Waals surface area contributed by atoms with Crippen LogP contribution in [0.1, 0.15) is 12.0 Å². The number of nitrogen functional groups attached to an aromatic ring is 1. The molecule has 0 unspecified atom stereocenters. The van der Waals surface area contributed by atoms with E-state index in [1.807, 2.05) is 0 Å². The van der Waals surface area contributed by atoms with Crippen molar-refractivity contribution in [2.24, 2.45) is 0 Å². The zero-order chi connectivity index (χ0) is 10.9. The Balaban J connectivity index is 3.45. The molecule has 0 fully saturated rings. The molecule has 14 heavy (non-hydrogen) atoms. The zero-order valence-electron chi connectivity index (χ0n) is 6.58. The fraction of sp³-hybridized carbons (Fsp3) is 0.167. The molecule has 0 saturated heterocycles. The molecule has 1 heterocycles. The Morgan fingerprint density at radius 3 is 2.64 bits per heavy atom. The van der Waals surface area contributed by atoms with Gasteiger partial charge >= 0.3 is 5.69 Å². The first-order chi connectivity index (χ1) is 6.45. The second-order valence-corrected chi connectivity index (χ2v) is 3.08. The van der Waals surface area contributed by atoms with Crippen molar-refractivity contribution >= 4 is 27.3 Å². The van der Waals surface area contributed by atoms with Crippen molar-refractivity contribution in [3.8, 4) is 0 Å². The first kappa shape index (κ1) is 10.8. The highest BCUT2D eigenvalue weighted by Gasteiger charge is 2.26. The van der Waals surface area contributed by atoms with Gasteiger partial charge in [0.2, 0.25) is 0 Å². The van der Waals surface area contributed by atoms with E-state index in [2.05, 4.69) is 20.9 Å². The van der Waals surface area contributed by atoms with Crippen LogP contribution in [0.4, 0.5) is 20.2 Å². The Morgan fingerprint density at radius 2 is 2.21 bits per heavy atom. The number of rotatable bonds is 2. The van der Waals surface area contributed by atoms with Crippen LogP contribution in [0.5, 0.6) is 0 Å². The number of pyridine rings is 1. The van der Waals surface area contributed by atoms with Crippen LogP contribution in [0.2, 0.25) is 0 Å². The second-order valence-electron chi connectivity index (χ2n) is 2.32. The van der Waals surface area contributed by atoms with Crippen molar-refractivity contribution < 1.29 is 13.7 Å². The Bertz CT molecular complexity index is 386. The number of alkyl halides is 2. The number of hydrogen-bond donors (Lipinski definition) is 1. The van der Waals surface area contributed by atoms with Crippen molar-refractivity contribution in [1.29, 1.82) is 0 Å². The van der Waals surface area contributed by atoms with Crippen LogP contribution in [0.25, 0.3) is 0 Å². The lowest BCUT2D eigenvalue weighted by Gasteiger charge is -2.04. The normalized spacial score (nSPS) is 10.6. The second kappa shape index (κ2) is 3.82. The average Bonchev–Trinajstić information content (AvgIpc) is 2.08. The Hall–Kier alpha value is -1.31. The first-order valence-corrected chi connectivity index (χ1v) is 4.11. The zero-order valence-corrected chi connectivity index (χ0v) is 8.16. The van der Waals surface area contributed by atoms with E-state index in [-0.39, 0.29) is 4.60 Å². The van der Waals surface area contributed by atoms with E-state index in [0.29, 0.717) is 0 Å². The van der Waals surface area contributed by atoms with Gasteiger partial charge in [0.15, 0.2) is 0 Å². The molecule has 76 valence electrons. The third-order valence-corrected chi connectivity index (χ3v) is 2.12. The number of anilines is 1. The lowest BCUT2D eigenvalue weighted by atomic mass is 10.2. The minimum atomic E-state index is -2.97. The predicted molar refractivity (Wildman–Crippen MR) is 48.0 cm³/mol. The number of halogens is 3. The monoisotopic (exact) mass is 267 g/mol. The third-order valence-electron chi connectivity index (χ3n) is 1.49. The van der Waals surface area contributed by atoms with Gasteiger partial charge in [-0.15, -0.1) is 0 Å². The first-order valence-electron chi connectivity index (χ1n) is 3.31. The number of aromatic nitrogens is 1. The van der Waals surface area contributed by atoms with Gasteiger partial charge in [0, 0.05) is 6.20 Å². The van der Waals surface area contributed by atoms with Crippen molar-refractivity contribution in [3.63, 3.8) is 0 Å². The molecule has 0 aliphatic carbocycles. The maximum Gasteiger partial charge on any atom is 0.305 e. The largest absolute Gasteiger partial charge is 0.391 e. The molecule has 0 aromatic carbocycles. The van der Waals surface area contributed by atoms with Crippen LogP contribution >= 0.6 is 15.9 Å². The van der Waals surface area contributed by atoms with Gasteiger partial charge in [-0.1, -0.05) is 0 Å². The summed E-state index contributed by atoms with van der Waals surface area (Å²) in [6.45, 7) is 0. The lowest BCUT2D eigenvalue weighted by Crippen LogP contribution is -2.03. The van der Waals surface area contributed by atoms with E-state index in [0.717, 1.165) is 6.20 Å². The maximum atomic E-state index is 12.3. The van der Waals surface area contributed by atoms with Crippen LogP contribution in [0, 0.1) is 10.1 Å². The van der Waals surface area contributed by atoms with Crippen LogP contribution in [0.3, 0.4) is 0 Å². The fourth-order valence-electron chi connectivity index (χ4n) is 0.874. The van der Waals surface area contributed by atoms with E-state index in [9.17, 15) is 18.9 Å². The number of nitrogens with zero attached hydrogens (tertiary/aromatic N) is 2. The van der Waals surface area contributed by atoms with Gasteiger partial charge in [-0.2, -0.15) is 0 Å². The SMILES string of the molecule is Nc1c(Br)ncc(C(F)F)c1[N+](=O)[O-]. The summed E-state index contributed by atoms with van der Waals surface area (Å²) in [7, 11) is 0. The van der Waals surface area contributed by atoms with Crippen LogP contribution < -0.4 is 5.73 Å². The number of nitrogens with two attached hydrogens (primary N) is 1. The summed E-state index contributed by atoms with van der Waals surface area (Å²) in [5.74, 6) is 0. The number of nitro groups is 1. The highest BCUT2D eigenvalue weighted by molar-refractivity contribution is 9.10. The molecule has 0 saturated carbocycles. The quantitative estimate of drug-likeness (QED) is 0.506. The average molecular weight is 268 g/mol. The van der Waals surface area contributed by atoms with Crippen LogP contribution in [-0.4, -0.2) is 9.91 Å². The summed E-state index contributed by atoms with van der Waals surface area (Å²) in [5, 5.41) is 10.4. The van der Waals surface area contributed by atoms with Crippen molar-refractivity contribution in [1.82, 2.24) is 4.98 Å². The van der Waals surface area contributed by atoms with Gasteiger partial charge in [-0.3, -0.25) is 10.1 Å². The molecule has 0 aliphatic heterocycles. The summed E-state index contributed by atoms with van der Waals surface area (Å²) in [5.41, 5.74) is 3.26. The summed E-state index contributed by atoms with van der Waals surface area (Å²) in [6.07, 6.45) is -2.25. The predicted octanol–water partition coefficient (Wildman–Crippen LogP) is 2.27.